The van der Waals surface area contributed by atoms with Crippen LogP contribution in [0.4, 0.5) is 5.82 Å². The Labute approximate surface area is 201 Å². The third-order valence-corrected chi connectivity index (χ3v) is 8.74. The normalized spacial score (nSPS) is 14.9. The van der Waals surface area contributed by atoms with Gasteiger partial charge in [-0.25, -0.2) is 23.2 Å². The second kappa shape index (κ2) is 9.13. The van der Waals surface area contributed by atoms with E-state index in [2.05, 4.69) is 4.90 Å². The van der Waals surface area contributed by atoms with E-state index in [1.807, 2.05) is 54.6 Å². The fourth-order valence-electron chi connectivity index (χ4n) is 4.04. The van der Waals surface area contributed by atoms with Crippen LogP contribution in [0.5, 0.6) is 0 Å². The number of anilines is 1. The Kier molecular flexibility index (Phi) is 6.03. The molecule has 174 valence electrons. The minimum atomic E-state index is -3.82. The molecule has 0 saturated carbocycles. The number of piperazine rings is 1. The zero-order valence-corrected chi connectivity index (χ0v) is 20.1. The first-order valence-corrected chi connectivity index (χ1v) is 13.0. The van der Waals surface area contributed by atoms with Crippen LogP contribution in [0.2, 0.25) is 0 Å². The van der Waals surface area contributed by atoms with Crippen LogP contribution in [0, 0.1) is 0 Å². The van der Waals surface area contributed by atoms with Crippen LogP contribution < -0.4 is 4.90 Å². The van der Waals surface area contributed by atoms with Crippen LogP contribution in [0.15, 0.2) is 70.9 Å². The van der Waals surface area contributed by atoms with Gasteiger partial charge in [0.1, 0.15) is 15.6 Å². The lowest BCUT2D eigenvalue weighted by Crippen LogP contribution is -2.49. The third-order valence-electron chi connectivity index (χ3n) is 5.77. The van der Waals surface area contributed by atoms with E-state index < -0.39 is 16.0 Å². The molecule has 8 nitrogen and oxygen atoms in total. The summed E-state index contributed by atoms with van der Waals surface area (Å²) in [4.78, 5) is 23.8. The molecule has 34 heavy (non-hydrogen) atoms. The molecule has 0 radical (unpaired) electrons. The molecule has 2 aromatic heterocycles. The number of esters is 1. The van der Waals surface area contributed by atoms with E-state index in [-0.39, 0.29) is 22.9 Å². The molecular formula is C24H22N4O4S2. The number of para-hydroxylation sites is 1. The molecule has 0 spiro atoms. The van der Waals surface area contributed by atoms with Gasteiger partial charge in [-0.05, 0) is 23.6 Å². The number of rotatable bonds is 5. The second-order valence-electron chi connectivity index (χ2n) is 7.75. The number of thiophene rings is 1. The highest BCUT2D eigenvalue weighted by molar-refractivity contribution is 7.89. The second-order valence-corrected chi connectivity index (χ2v) is 10.6. The van der Waals surface area contributed by atoms with Crippen LogP contribution in [-0.2, 0) is 14.8 Å². The van der Waals surface area contributed by atoms with Crippen LogP contribution in [0.25, 0.3) is 22.3 Å². The minimum Gasteiger partial charge on any atom is -0.465 e. The van der Waals surface area contributed by atoms with E-state index in [0.29, 0.717) is 18.9 Å². The van der Waals surface area contributed by atoms with Crippen molar-refractivity contribution in [3.63, 3.8) is 0 Å². The van der Waals surface area contributed by atoms with Crippen molar-refractivity contribution in [2.75, 3.05) is 38.2 Å². The van der Waals surface area contributed by atoms with Crippen molar-refractivity contribution in [2.45, 2.75) is 4.90 Å². The van der Waals surface area contributed by atoms with Gasteiger partial charge < -0.3 is 9.64 Å². The van der Waals surface area contributed by atoms with Gasteiger partial charge >= 0.3 is 5.97 Å². The lowest BCUT2D eigenvalue weighted by Gasteiger charge is -2.35. The van der Waals surface area contributed by atoms with Crippen molar-refractivity contribution in [1.29, 1.82) is 0 Å². The van der Waals surface area contributed by atoms with Crippen molar-refractivity contribution < 1.29 is 17.9 Å². The Bertz CT molecular complexity index is 1450. The fraction of sp³-hybridized carbons (Fsp3) is 0.208. The first-order chi connectivity index (χ1) is 16.5. The van der Waals surface area contributed by atoms with Crippen molar-refractivity contribution in [1.82, 2.24) is 14.3 Å². The predicted molar refractivity (Wildman–Crippen MR) is 132 cm³/mol. The fourth-order valence-corrected chi connectivity index (χ4v) is 6.77. The number of fused-ring (bicyclic) bond motifs is 1. The maximum Gasteiger partial charge on any atom is 0.349 e. The van der Waals surface area contributed by atoms with E-state index in [9.17, 15) is 13.2 Å². The maximum absolute atomic E-state index is 13.3. The summed E-state index contributed by atoms with van der Waals surface area (Å²) in [6.45, 7) is 1.48. The van der Waals surface area contributed by atoms with Gasteiger partial charge in [0.05, 0.1) is 12.6 Å². The zero-order valence-electron chi connectivity index (χ0n) is 18.4. The molecule has 0 N–H and O–H groups in total. The Morgan fingerprint density at radius 2 is 1.65 bits per heavy atom. The number of ether oxygens (including phenoxy) is 1. The van der Waals surface area contributed by atoms with Crippen molar-refractivity contribution >= 4 is 44.1 Å². The number of hydrogen-bond donors (Lipinski definition) is 0. The Hall–Kier alpha value is -3.34. The first-order valence-electron chi connectivity index (χ1n) is 10.7. The number of hydrogen-bond acceptors (Lipinski definition) is 8. The van der Waals surface area contributed by atoms with E-state index in [0.717, 1.165) is 33.6 Å². The summed E-state index contributed by atoms with van der Waals surface area (Å²) < 4.78 is 32.7. The average Bonchev–Trinajstić information content (AvgIpc) is 3.39. The lowest BCUT2D eigenvalue weighted by molar-refractivity contribution is 0.0602. The summed E-state index contributed by atoms with van der Waals surface area (Å²) in [5.74, 6) is 0.769. The molecule has 0 atom stereocenters. The molecule has 0 amide bonds. The Morgan fingerprint density at radius 1 is 0.941 bits per heavy atom. The molecule has 1 saturated heterocycles. The highest BCUT2D eigenvalue weighted by atomic mass is 32.2. The first kappa shape index (κ1) is 22.5. The number of nitrogens with zero attached hydrogens (tertiary/aromatic N) is 4. The summed E-state index contributed by atoms with van der Waals surface area (Å²) in [6, 6.07) is 19.1. The molecule has 0 aliphatic carbocycles. The summed E-state index contributed by atoms with van der Waals surface area (Å²) in [6.07, 6.45) is 0. The molecule has 0 bridgehead atoms. The van der Waals surface area contributed by atoms with Crippen molar-refractivity contribution in [2.24, 2.45) is 0 Å². The van der Waals surface area contributed by atoms with Crippen molar-refractivity contribution in [3.05, 3.63) is 70.9 Å². The van der Waals surface area contributed by atoms with E-state index in [4.69, 9.17) is 14.7 Å². The Balaban J connectivity index is 1.44. The highest BCUT2D eigenvalue weighted by Crippen LogP contribution is 2.30. The van der Waals surface area contributed by atoms with Crippen LogP contribution in [0.3, 0.4) is 0 Å². The van der Waals surface area contributed by atoms with Gasteiger partial charge in [0.2, 0.25) is 10.0 Å². The summed E-state index contributed by atoms with van der Waals surface area (Å²) >= 11 is 1.06. The molecule has 2 aromatic carbocycles. The molecule has 10 heteroatoms. The maximum atomic E-state index is 13.3. The lowest BCUT2D eigenvalue weighted by atomic mass is 10.1. The SMILES string of the molecule is COC(=O)c1sccc1S(=O)(=O)N1CCN(c2nc(-c3ccccc3)nc3ccccc23)CC1. The topological polar surface area (TPSA) is 92.7 Å². The molecule has 4 aromatic rings. The highest BCUT2D eigenvalue weighted by Gasteiger charge is 2.33. The van der Waals surface area contributed by atoms with Crippen LogP contribution >= 0.6 is 11.3 Å². The van der Waals surface area contributed by atoms with Gasteiger partial charge in [-0.15, -0.1) is 11.3 Å². The summed E-state index contributed by atoms with van der Waals surface area (Å²) in [7, 11) is -2.58. The molecule has 1 aliphatic heterocycles. The molecule has 3 heterocycles. The van der Waals surface area contributed by atoms with Crippen molar-refractivity contribution in [3.8, 4) is 11.4 Å². The number of methoxy groups -OCH3 is 1. The molecule has 1 fully saturated rings. The standard InChI is InChI=1S/C24H22N4O4S2/c1-32-24(29)21-20(11-16-33-21)34(30,31)28-14-12-27(13-15-28)23-18-9-5-6-10-19(18)25-22(26-23)17-7-3-2-4-8-17/h2-11,16H,12-15H2,1H3. The minimum absolute atomic E-state index is 0.00310. The number of sulfonamides is 1. The van der Waals surface area contributed by atoms with E-state index in [1.165, 1.54) is 17.5 Å². The predicted octanol–water partition coefficient (Wildman–Crippen LogP) is 3.66. The van der Waals surface area contributed by atoms with Gasteiger partial charge in [0.25, 0.3) is 0 Å². The van der Waals surface area contributed by atoms with Gasteiger partial charge in [-0.1, -0.05) is 42.5 Å². The van der Waals surface area contributed by atoms with Gasteiger partial charge in [0, 0.05) is 37.1 Å². The van der Waals surface area contributed by atoms with Crippen LogP contribution in [0.1, 0.15) is 9.67 Å². The van der Waals surface area contributed by atoms with E-state index >= 15 is 0 Å². The monoisotopic (exact) mass is 494 g/mol. The smallest absolute Gasteiger partial charge is 0.349 e. The number of aromatic nitrogens is 2. The Morgan fingerprint density at radius 3 is 2.38 bits per heavy atom. The molecule has 1 aliphatic rings. The number of carbonyl (C=O) groups is 1. The van der Waals surface area contributed by atoms with Crippen LogP contribution in [-0.4, -0.2) is 61.9 Å². The zero-order chi connectivity index (χ0) is 23.7. The quantitative estimate of drug-likeness (QED) is 0.391. The number of carbonyl (C=O) groups excluding carboxylic acids is 1. The number of benzene rings is 2. The van der Waals surface area contributed by atoms with Gasteiger partial charge in [-0.2, -0.15) is 4.31 Å². The van der Waals surface area contributed by atoms with Gasteiger partial charge in [-0.3, -0.25) is 0 Å². The third kappa shape index (κ3) is 4.04. The molecular weight excluding hydrogens is 472 g/mol. The summed E-state index contributed by atoms with van der Waals surface area (Å²) in [5, 5.41) is 2.51. The van der Waals surface area contributed by atoms with Gasteiger partial charge in [0.15, 0.2) is 5.82 Å². The molecule has 0 unspecified atom stereocenters. The summed E-state index contributed by atoms with van der Waals surface area (Å²) in [5.41, 5.74) is 1.76. The average molecular weight is 495 g/mol. The molecule has 5 rings (SSSR count). The largest absolute Gasteiger partial charge is 0.465 e. The van der Waals surface area contributed by atoms with E-state index in [1.54, 1.807) is 5.38 Å².